The van der Waals surface area contributed by atoms with Gasteiger partial charge in [0.05, 0.1) is 6.26 Å². The summed E-state index contributed by atoms with van der Waals surface area (Å²) in [6, 6.07) is 8.34. The molecule has 0 bridgehead atoms. The minimum Gasteiger partial charge on any atom is -0.468 e. The van der Waals surface area contributed by atoms with Crippen LogP contribution in [0.25, 0.3) is 11.1 Å². The van der Waals surface area contributed by atoms with Gasteiger partial charge in [0.2, 0.25) is 0 Å². The Kier molecular flexibility index (Phi) is 1.69. The average molecular weight is 174 g/mol. The second-order valence-corrected chi connectivity index (χ2v) is 4.43. The van der Waals surface area contributed by atoms with Gasteiger partial charge < -0.3 is 4.42 Å². The Bertz CT molecular complexity index is 379. The summed E-state index contributed by atoms with van der Waals surface area (Å²) in [5.41, 5.74) is 2.52. The molecule has 0 aromatic carbocycles. The second-order valence-electron chi connectivity index (χ2n) is 4.43. The SMILES string of the molecule is CC(C)(C)c1cc2cccc-2co1. The maximum atomic E-state index is 5.56. The van der Waals surface area contributed by atoms with Crippen LogP contribution < -0.4 is 0 Å². The molecule has 1 heterocycles. The third kappa shape index (κ3) is 1.46. The van der Waals surface area contributed by atoms with Crippen LogP contribution >= 0.6 is 0 Å². The van der Waals surface area contributed by atoms with Gasteiger partial charge in [0.1, 0.15) is 5.76 Å². The van der Waals surface area contributed by atoms with Crippen LogP contribution in [0.1, 0.15) is 26.5 Å². The van der Waals surface area contributed by atoms with E-state index >= 15 is 0 Å². The predicted octanol–water partition coefficient (Wildman–Crippen LogP) is 3.68. The Morgan fingerprint density at radius 1 is 1.08 bits per heavy atom. The van der Waals surface area contributed by atoms with E-state index in [1.54, 1.807) is 0 Å². The molecule has 0 amide bonds. The van der Waals surface area contributed by atoms with Crippen molar-refractivity contribution >= 4 is 0 Å². The predicted molar refractivity (Wildman–Crippen MR) is 54.0 cm³/mol. The van der Waals surface area contributed by atoms with Crippen molar-refractivity contribution in [3.8, 4) is 11.1 Å². The smallest absolute Gasteiger partial charge is 0.109 e. The number of hydrogen-bond donors (Lipinski definition) is 0. The van der Waals surface area contributed by atoms with Crippen molar-refractivity contribution in [2.24, 2.45) is 0 Å². The van der Waals surface area contributed by atoms with Crippen LogP contribution in [0.5, 0.6) is 0 Å². The van der Waals surface area contributed by atoms with Crippen molar-refractivity contribution in [2.75, 3.05) is 0 Å². The molecule has 0 saturated heterocycles. The van der Waals surface area contributed by atoms with Gasteiger partial charge in [-0.15, -0.1) is 0 Å². The Morgan fingerprint density at radius 2 is 1.77 bits per heavy atom. The Morgan fingerprint density at radius 3 is 2.46 bits per heavy atom. The summed E-state index contributed by atoms with van der Waals surface area (Å²) in [5.74, 6) is 1.03. The topological polar surface area (TPSA) is 13.1 Å². The van der Waals surface area contributed by atoms with E-state index in [1.165, 1.54) is 11.1 Å². The summed E-state index contributed by atoms with van der Waals surface area (Å²) >= 11 is 0. The van der Waals surface area contributed by atoms with Crippen LogP contribution in [0.4, 0.5) is 0 Å². The highest BCUT2D eigenvalue weighted by atomic mass is 16.3. The summed E-state index contributed by atoms with van der Waals surface area (Å²) in [6.07, 6.45) is 1.83. The van der Waals surface area contributed by atoms with Gasteiger partial charge in [-0.25, -0.2) is 0 Å². The van der Waals surface area contributed by atoms with E-state index in [0.717, 1.165) is 5.76 Å². The van der Waals surface area contributed by atoms with E-state index in [-0.39, 0.29) is 5.41 Å². The molecular weight excluding hydrogens is 160 g/mol. The van der Waals surface area contributed by atoms with Crippen molar-refractivity contribution < 1.29 is 4.42 Å². The van der Waals surface area contributed by atoms with Gasteiger partial charge in [-0.05, 0) is 11.6 Å². The first-order valence-corrected chi connectivity index (χ1v) is 4.55. The monoisotopic (exact) mass is 174 g/mol. The highest BCUT2D eigenvalue weighted by Crippen LogP contribution is 2.29. The molecule has 0 unspecified atom stereocenters. The zero-order valence-electron chi connectivity index (χ0n) is 8.29. The van der Waals surface area contributed by atoms with Crippen LogP contribution in [0.3, 0.4) is 0 Å². The lowest BCUT2D eigenvalue weighted by atomic mass is 9.92. The summed E-state index contributed by atoms with van der Waals surface area (Å²) in [7, 11) is 0. The molecule has 1 heteroatoms. The fraction of sp³-hybridized carbons (Fsp3) is 0.333. The standard InChI is InChI=1S/C12H14O/c1-12(2,3)11-7-9-5-4-6-10(9)8-13-11/h4-8H,1-3H3. The van der Waals surface area contributed by atoms with Crippen LogP contribution in [-0.2, 0) is 5.41 Å². The molecule has 0 radical (unpaired) electrons. The number of fused-ring (bicyclic) bond motifs is 1. The van der Waals surface area contributed by atoms with E-state index in [2.05, 4.69) is 39.0 Å². The number of hydrogen-bond acceptors (Lipinski definition) is 1. The van der Waals surface area contributed by atoms with Gasteiger partial charge >= 0.3 is 0 Å². The maximum absolute atomic E-state index is 5.56. The molecule has 68 valence electrons. The highest BCUT2D eigenvalue weighted by molar-refractivity contribution is 5.65. The minimum absolute atomic E-state index is 0.0887. The first-order chi connectivity index (χ1) is 6.07. The highest BCUT2D eigenvalue weighted by Gasteiger charge is 2.18. The molecule has 1 nitrogen and oxygen atoms in total. The Labute approximate surface area is 78.7 Å². The molecule has 0 aromatic heterocycles. The normalized spacial score (nSPS) is 12.2. The second kappa shape index (κ2) is 2.63. The molecule has 1 aliphatic heterocycles. The molecule has 2 rings (SSSR count). The molecule has 0 spiro atoms. The van der Waals surface area contributed by atoms with Crippen LogP contribution in [-0.4, -0.2) is 0 Å². The molecule has 0 fully saturated rings. The van der Waals surface area contributed by atoms with Gasteiger partial charge in [0.25, 0.3) is 0 Å². The summed E-state index contributed by atoms with van der Waals surface area (Å²) in [4.78, 5) is 0. The molecule has 13 heavy (non-hydrogen) atoms. The van der Waals surface area contributed by atoms with Gasteiger partial charge in [0, 0.05) is 11.0 Å². The zero-order valence-corrected chi connectivity index (χ0v) is 8.29. The summed E-state index contributed by atoms with van der Waals surface area (Å²) < 4.78 is 5.56. The molecule has 0 atom stereocenters. The molecule has 0 aromatic rings. The number of rotatable bonds is 0. The fourth-order valence-electron chi connectivity index (χ4n) is 1.38. The molecule has 0 saturated carbocycles. The first-order valence-electron chi connectivity index (χ1n) is 4.55. The fourth-order valence-corrected chi connectivity index (χ4v) is 1.38. The molecule has 0 N–H and O–H groups in total. The van der Waals surface area contributed by atoms with Gasteiger partial charge in [-0.2, -0.15) is 0 Å². The van der Waals surface area contributed by atoms with Crippen molar-refractivity contribution in [3.63, 3.8) is 0 Å². The lowest BCUT2D eigenvalue weighted by Crippen LogP contribution is -2.10. The van der Waals surface area contributed by atoms with Gasteiger partial charge in [0.15, 0.2) is 0 Å². The lowest BCUT2D eigenvalue weighted by Gasteiger charge is -2.17. The van der Waals surface area contributed by atoms with Crippen molar-refractivity contribution in [1.82, 2.24) is 0 Å². The molecule has 2 aliphatic rings. The lowest BCUT2D eigenvalue weighted by molar-refractivity contribution is 0.398. The van der Waals surface area contributed by atoms with Crippen molar-refractivity contribution in [3.05, 3.63) is 36.3 Å². The van der Waals surface area contributed by atoms with E-state index < -0.39 is 0 Å². The van der Waals surface area contributed by atoms with E-state index in [9.17, 15) is 0 Å². The van der Waals surface area contributed by atoms with Crippen molar-refractivity contribution in [1.29, 1.82) is 0 Å². The largest absolute Gasteiger partial charge is 0.468 e. The van der Waals surface area contributed by atoms with Gasteiger partial charge in [-0.3, -0.25) is 0 Å². The first kappa shape index (κ1) is 8.36. The van der Waals surface area contributed by atoms with Gasteiger partial charge in [-0.1, -0.05) is 39.0 Å². The third-order valence-corrected chi connectivity index (χ3v) is 2.22. The van der Waals surface area contributed by atoms with E-state index in [0.29, 0.717) is 0 Å². The van der Waals surface area contributed by atoms with Crippen LogP contribution in [0.15, 0.2) is 34.9 Å². The van der Waals surface area contributed by atoms with E-state index in [4.69, 9.17) is 4.42 Å². The van der Waals surface area contributed by atoms with E-state index in [1.807, 2.05) is 12.3 Å². The summed E-state index contributed by atoms with van der Waals surface area (Å²) in [5, 5.41) is 0. The van der Waals surface area contributed by atoms with Crippen molar-refractivity contribution in [2.45, 2.75) is 26.2 Å². The van der Waals surface area contributed by atoms with Crippen LogP contribution in [0.2, 0.25) is 0 Å². The Hall–Kier alpha value is -1.24. The summed E-state index contributed by atoms with van der Waals surface area (Å²) in [6.45, 7) is 6.46. The minimum atomic E-state index is 0.0887. The van der Waals surface area contributed by atoms with Crippen LogP contribution in [0, 0.1) is 0 Å². The zero-order chi connectivity index (χ0) is 9.47. The Balaban J connectivity index is 2.56. The molecular formula is C12H14O. The maximum Gasteiger partial charge on any atom is 0.109 e. The third-order valence-electron chi connectivity index (χ3n) is 2.22. The molecule has 1 aliphatic carbocycles. The average Bonchev–Trinajstić information content (AvgIpc) is 2.47. The quantitative estimate of drug-likeness (QED) is 0.593.